The second kappa shape index (κ2) is 25.6. The lowest BCUT2D eigenvalue weighted by Crippen LogP contribution is -2.22. The van der Waals surface area contributed by atoms with Crippen LogP contribution in [0, 0.1) is 0 Å². The van der Waals surface area contributed by atoms with Crippen LogP contribution in [-0.2, 0) is 28.6 Å². The minimum absolute atomic E-state index is 0.216. The Morgan fingerprint density at radius 3 is 1.94 bits per heavy atom. The van der Waals surface area contributed by atoms with E-state index >= 15 is 0 Å². The summed E-state index contributed by atoms with van der Waals surface area (Å²) in [5, 5.41) is 2.40. The Balaban J connectivity index is -0.000000352. The third-order valence-electron chi connectivity index (χ3n) is 3.05. The summed E-state index contributed by atoms with van der Waals surface area (Å²) < 4.78 is 13.5. The molecule has 0 unspecified atom stereocenters. The number of nitrogens with one attached hydrogen (secondary N) is 1. The molecule has 1 N–H and O–H groups in total. The third kappa shape index (κ3) is 26.6. The number of carbonyl (C=O) groups excluding carboxylic acids is 3. The van der Waals surface area contributed by atoms with Crippen LogP contribution in [0.4, 0.5) is 0 Å². The molecule has 7 nitrogen and oxygen atoms in total. The van der Waals surface area contributed by atoms with E-state index in [-0.39, 0.29) is 24.6 Å². The highest BCUT2D eigenvalue weighted by molar-refractivity contribution is 5.87. The summed E-state index contributed by atoms with van der Waals surface area (Å²) in [5.41, 5.74) is 1.61. The Bertz CT molecular complexity index is 683. The summed E-state index contributed by atoms with van der Waals surface area (Å²) in [5.74, 6) is -0.893. The zero-order valence-electron chi connectivity index (χ0n) is 19.7. The van der Waals surface area contributed by atoms with Gasteiger partial charge >= 0.3 is 11.9 Å². The number of benzene rings is 1. The Labute approximate surface area is 192 Å². The second-order valence-corrected chi connectivity index (χ2v) is 5.79. The highest BCUT2D eigenvalue weighted by Gasteiger charge is 1.95. The van der Waals surface area contributed by atoms with Crippen molar-refractivity contribution in [3.05, 3.63) is 79.9 Å². The molecule has 0 aliphatic rings. The molecule has 0 fully saturated rings. The summed E-state index contributed by atoms with van der Waals surface area (Å²) in [4.78, 5) is 30.8. The molecule has 0 radical (unpaired) electrons. The molecule has 0 heterocycles. The van der Waals surface area contributed by atoms with Crippen molar-refractivity contribution < 1.29 is 28.6 Å². The van der Waals surface area contributed by atoms with Gasteiger partial charge in [-0.3, -0.25) is 4.79 Å². The average Bonchev–Trinajstić information content (AvgIpc) is 2.83. The topological polar surface area (TPSA) is 90.9 Å². The largest absolute Gasteiger partial charge is 0.466 e. The van der Waals surface area contributed by atoms with E-state index in [0.717, 1.165) is 12.8 Å². The number of amides is 1. The maximum absolute atomic E-state index is 10.3. The summed E-state index contributed by atoms with van der Waals surface area (Å²) in [7, 11) is 2.83. The average molecular weight is 448 g/mol. The molecule has 1 aromatic rings. The van der Waals surface area contributed by atoms with E-state index in [4.69, 9.17) is 0 Å². The molecule has 0 bridgehead atoms. The van der Waals surface area contributed by atoms with Crippen molar-refractivity contribution in [1.82, 2.24) is 5.32 Å². The molecule has 1 amide bonds. The molecular formula is C25H37NO6. The summed E-state index contributed by atoms with van der Waals surface area (Å²) in [6.07, 6.45) is 6.18. The molecule has 0 spiro atoms. The number of hydrogen-bond donors (Lipinski definition) is 1. The van der Waals surface area contributed by atoms with Gasteiger partial charge in [0, 0.05) is 18.8 Å². The number of hydrogen-bond acceptors (Lipinski definition) is 6. The lowest BCUT2D eigenvalue weighted by Gasteiger charge is -1.97. The third-order valence-corrected chi connectivity index (χ3v) is 3.05. The predicted octanol–water partition coefficient (Wildman–Crippen LogP) is 4.47. The van der Waals surface area contributed by atoms with Gasteiger partial charge in [0.15, 0.2) is 0 Å². The molecule has 32 heavy (non-hydrogen) atoms. The van der Waals surface area contributed by atoms with Crippen molar-refractivity contribution in [3.8, 4) is 0 Å². The maximum Gasteiger partial charge on any atom is 0.332 e. The van der Waals surface area contributed by atoms with Crippen molar-refractivity contribution in [2.24, 2.45) is 0 Å². The Morgan fingerprint density at radius 2 is 1.62 bits per heavy atom. The van der Waals surface area contributed by atoms with Crippen LogP contribution in [0.2, 0.25) is 0 Å². The van der Waals surface area contributed by atoms with E-state index in [1.807, 2.05) is 43.3 Å². The Morgan fingerprint density at radius 1 is 1.03 bits per heavy atom. The van der Waals surface area contributed by atoms with E-state index in [2.05, 4.69) is 45.8 Å². The van der Waals surface area contributed by atoms with Crippen LogP contribution < -0.4 is 5.32 Å². The fraction of sp³-hybridized carbons (Fsp3) is 0.320. The highest BCUT2D eigenvalue weighted by Crippen LogP contribution is 1.97. The first-order valence-corrected chi connectivity index (χ1v) is 9.83. The SMILES string of the molecule is C=C(C)C(=O)OC.C=CC(=O)NCOC.C=CC(=O)OCCCC.C=Cc1ccccc1. The van der Waals surface area contributed by atoms with Gasteiger partial charge in [0.05, 0.1) is 13.7 Å². The minimum Gasteiger partial charge on any atom is -0.466 e. The molecular weight excluding hydrogens is 410 g/mol. The fourth-order valence-electron chi connectivity index (χ4n) is 1.35. The molecule has 0 saturated carbocycles. The highest BCUT2D eigenvalue weighted by atomic mass is 16.5. The van der Waals surface area contributed by atoms with Crippen LogP contribution in [0.5, 0.6) is 0 Å². The Kier molecular flexibility index (Phi) is 26.5. The molecule has 1 aromatic carbocycles. The van der Waals surface area contributed by atoms with Gasteiger partial charge in [-0.05, 0) is 25.0 Å². The van der Waals surface area contributed by atoms with Gasteiger partial charge in [-0.25, -0.2) is 9.59 Å². The van der Waals surface area contributed by atoms with Crippen molar-refractivity contribution in [3.63, 3.8) is 0 Å². The van der Waals surface area contributed by atoms with Gasteiger partial charge in [-0.1, -0.05) is 76.1 Å². The van der Waals surface area contributed by atoms with Crippen LogP contribution in [0.25, 0.3) is 6.08 Å². The van der Waals surface area contributed by atoms with Crippen LogP contribution in [0.1, 0.15) is 32.3 Å². The van der Waals surface area contributed by atoms with Crippen molar-refractivity contribution >= 4 is 23.9 Å². The standard InChI is InChI=1S/C8H8.C7H12O2.C5H9NO2.C5H8O2/c1-2-8-6-4-3-5-7-8;1-3-5-6-9-7(8)4-2;1-3-5(7)6-4-8-2;1-4(2)5(6)7-3/h2-7H,1H2;4H,2-3,5-6H2,1H3;3H,1,4H2,2H3,(H,6,7);1H2,2-3H3. The number of esters is 2. The normalized spacial score (nSPS) is 8.25. The molecule has 178 valence electrons. The molecule has 0 aromatic heterocycles. The van der Waals surface area contributed by atoms with E-state index in [1.54, 1.807) is 6.92 Å². The van der Waals surface area contributed by atoms with Gasteiger partial charge in [0.2, 0.25) is 5.91 Å². The van der Waals surface area contributed by atoms with Crippen LogP contribution in [0.15, 0.2) is 74.4 Å². The van der Waals surface area contributed by atoms with Gasteiger partial charge in [-0.15, -0.1) is 0 Å². The van der Waals surface area contributed by atoms with Crippen molar-refractivity contribution in [2.45, 2.75) is 26.7 Å². The lowest BCUT2D eigenvalue weighted by atomic mass is 10.2. The molecule has 0 aliphatic heterocycles. The van der Waals surface area contributed by atoms with Crippen LogP contribution in [0.3, 0.4) is 0 Å². The molecule has 0 saturated heterocycles. The summed E-state index contributed by atoms with van der Waals surface area (Å²) in [6.45, 7) is 17.9. The minimum atomic E-state index is -0.347. The number of carbonyl (C=O) groups is 3. The van der Waals surface area contributed by atoms with Gasteiger partial charge < -0.3 is 19.5 Å². The second-order valence-electron chi connectivity index (χ2n) is 5.79. The summed E-state index contributed by atoms with van der Waals surface area (Å²) >= 11 is 0. The first kappa shape index (κ1) is 33.2. The fourth-order valence-corrected chi connectivity index (χ4v) is 1.35. The Hall–Kier alpha value is -3.45. The first-order valence-electron chi connectivity index (χ1n) is 9.83. The quantitative estimate of drug-likeness (QED) is 0.260. The zero-order valence-corrected chi connectivity index (χ0v) is 19.7. The monoisotopic (exact) mass is 447 g/mol. The number of ether oxygens (including phenoxy) is 3. The number of rotatable bonds is 9. The molecule has 7 heteroatoms. The van der Waals surface area contributed by atoms with E-state index < -0.39 is 0 Å². The van der Waals surface area contributed by atoms with Crippen LogP contribution in [-0.4, -0.2) is 45.4 Å². The van der Waals surface area contributed by atoms with Gasteiger partial charge in [-0.2, -0.15) is 0 Å². The first-order chi connectivity index (χ1) is 15.2. The smallest absolute Gasteiger partial charge is 0.332 e. The predicted molar refractivity (Wildman–Crippen MR) is 130 cm³/mol. The number of unbranched alkanes of at least 4 members (excludes halogenated alkanes) is 1. The van der Waals surface area contributed by atoms with Crippen molar-refractivity contribution in [1.29, 1.82) is 0 Å². The molecule has 0 aliphatic carbocycles. The van der Waals surface area contributed by atoms with E-state index in [9.17, 15) is 14.4 Å². The zero-order chi connectivity index (χ0) is 25.2. The molecule has 1 rings (SSSR count). The lowest BCUT2D eigenvalue weighted by molar-refractivity contribution is -0.138. The number of methoxy groups -OCH3 is 2. The van der Waals surface area contributed by atoms with Crippen molar-refractivity contribution in [2.75, 3.05) is 27.6 Å². The summed E-state index contributed by atoms with van der Waals surface area (Å²) in [6, 6.07) is 10.0. The van der Waals surface area contributed by atoms with Gasteiger partial charge in [0.1, 0.15) is 6.73 Å². The maximum atomic E-state index is 10.3. The van der Waals surface area contributed by atoms with E-state index in [1.165, 1.54) is 31.9 Å². The van der Waals surface area contributed by atoms with Gasteiger partial charge in [0.25, 0.3) is 0 Å². The molecule has 0 atom stereocenters. The van der Waals surface area contributed by atoms with E-state index in [0.29, 0.717) is 12.2 Å². The van der Waals surface area contributed by atoms with Crippen LogP contribution >= 0.6 is 0 Å².